The summed E-state index contributed by atoms with van der Waals surface area (Å²) in [5, 5.41) is 6.88. The van der Waals surface area contributed by atoms with E-state index in [0.717, 1.165) is 11.3 Å². The van der Waals surface area contributed by atoms with E-state index in [1.807, 2.05) is 31.2 Å². The van der Waals surface area contributed by atoms with Gasteiger partial charge in [-0.1, -0.05) is 17.7 Å². The minimum Gasteiger partial charge on any atom is -0.295 e. The number of aromatic amines is 1. The molecule has 1 amide bonds. The highest BCUT2D eigenvalue weighted by Gasteiger charge is 2.11. The van der Waals surface area contributed by atoms with Crippen molar-refractivity contribution in [3.05, 3.63) is 81.5 Å². The van der Waals surface area contributed by atoms with Crippen molar-refractivity contribution in [1.29, 1.82) is 0 Å². The average Bonchev–Trinajstić information content (AvgIpc) is 2.91. The molecule has 25 heavy (non-hydrogen) atoms. The van der Waals surface area contributed by atoms with Crippen LogP contribution in [-0.4, -0.2) is 26.9 Å². The van der Waals surface area contributed by atoms with Crippen LogP contribution >= 0.6 is 0 Å². The lowest BCUT2D eigenvalue weighted by Gasteiger charge is -2.01. The maximum atomic E-state index is 12.5. The van der Waals surface area contributed by atoms with E-state index >= 15 is 0 Å². The van der Waals surface area contributed by atoms with Crippen molar-refractivity contribution >= 4 is 12.1 Å². The molecular formula is C18H17N5O2. The summed E-state index contributed by atoms with van der Waals surface area (Å²) in [5.41, 5.74) is 5.43. The molecule has 0 radical (unpaired) electrons. The summed E-state index contributed by atoms with van der Waals surface area (Å²) >= 11 is 0. The van der Waals surface area contributed by atoms with Crippen molar-refractivity contribution < 1.29 is 4.79 Å². The maximum absolute atomic E-state index is 12.5. The van der Waals surface area contributed by atoms with E-state index in [1.165, 1.54) is 17.1 Å². The first kappa shape index (κ1) is 16.4. The highest BCUT2D eigenvalue weighted by Crippen LogP contribution is 2.08. The van der Waals surface area contributed by atoms with Crippen LogP contribution in [0.5, 0.6) is 0 Å². The van der Waals surface area contributed by atoms with Gasteiger partial charge in [-0.05, 0) is 38.1 Å². The lowest BCUT2D eigenvalue weighted by atomic mass is 10.2. The molecule has 7 heteroatoms. The third-order valence-corrected chi connectivity index (χ3v) is 3.69. The number of rotatable bonds is 4. The van der Waals surface area contributed by atoms with Gasteiger partial charge in [0.15, 0.2) is 0 Å². The van der Waals surface area contributed by atoms with Gasteiger partial charge >= 0.3 is 0 Å². The van der Waals surface area contributed by atoms with Gasteiger partial charge in [0.1, 0.15) is 0 Å². The van der Waals surface area contributed by atoms with Crippen LogP contribution in [0.3, 0.4) is 0 Å². The van der Waals surface area contributed by atoms with Crippen LogP contribution in [0.4, 0.5) is 0 Å². The smallest absolute Gasteiger partial charge is 0.280 e. The van der Waals surface area contributed by atoms with E-state index in [-0.39, 0.29) is 5.56 Å². The van der Waals surface area contributed by atoms with Gasteiger partial charge in [0.05, 0.1) is 23.0 Å². The number of benzene rings is 1. The van der Waals surface area contributed by atoms with E-state index in [0.29, 0.717) is 16.8 Å². The fourth-order valence-corrected chi connectivity index (χ4v) is 2.30. The maximum Gasteiger partial charge on any atom is 0.280 e. The second-order valence-electron chi connectivity index (χ2n) is 5.57. The van der Waals surface area contributed by atoms with Crippen LogP contribution in [0.25, 0.3) is 5.69 Å². The number of H-pyrrole nitrogens is 1. The molecule has 0 atom stereocenters. The number of aryl methyl sites for hydroxylation is 2. The monoisotopic (exact) mass is 335 g/mol. The van der Waals surface area contributed by atoms with Crippen molar-refractivity contribution in [2.24, 2.45) is 5.10 Å². The van der Waals surface area contributed by atoms with Crippen molar-refractivity contribution in [2.45, 2.75) is 13.8 Å². The van der Waals surface area contributed by atoms with Crippen molar-refractivity contribution in [2.75, 3.05) is 0 Å². The summed E-state index contributed by atoms with van der Waals surface area (Å²) < 4.78 is 1.44. The number of hydrogen-bond donors (Lipinski definition) is 2. The predicted molar refractivity (Wildman–Crippen MR) is 95.2 cm³/mol. The Morgan fingerprint density at radius 2 is 2.00 bits per heavy atom. The van der Waals surface area contributed by atoms with Crippen LogP contribution in [0.2, 0.25) is 0 Å². The second kappa shape index (κ2) is 6.96. The van der Waals surface area contributed by atoms with Crippen molar-refractivity contribution in [1.82, 2.24) is 20.2 Å². The Labute approximate surface area is 144 Å². The summed E-state index contributed by atoms with van der Waals surface area (Å²) in [5.74, 6) is -0.392. The van der Waals surface area contributed by atoms with E-state index in [9.17, 15) is 9.59 Å². The third kappa shape index (κ3) is 3.55. The third-order valence-electron chi connectivity index (χ3n) is 3.69. The minimum atomic E-state index is -0.392. The molecule has 2 aromatic heterocycles. The first-order valence-corrected chi connectivity index (χ1v) is 7.68. The number of hydrazone groups is 1. The van der Waals surface area contributed by atoms with Gasteiger partial charge in [-0.3, -0.25) is 19.7 Å². The Morgan fingerprint density at radius 1 is 1.24 bits per heavy atom. The predicted octanol–water partition coefficient (Wildman–Crippen LogP) is 1.94. The molecule has 0 saturated carbocycles. The summed E-state index contributed by atoms with van der Waals surface area (Å²) in [4.78, 5) is 28.3. The van der Waals surface area contributed by atoms with E-state index < -0.39 is 5.91 Å². The number of carbonyl (C=O) groups is 1. The Hall–Kier alpha value is -3.48. The minimum absolute atomic E-state index is 0.235. The fraction of sp³-hybridized carbons (Fsp3) is 0.111. The zero-order valence-electron chi connectivity index (χ0n) is 13.9. The molecule has 2 heterocycles. The Bertz CT molecular complexity index is 969. The molecule has 3 aromatic rings. The molecule has 2 N–H and O–H groups in total. The largest absolute Gasteiger partial charge is 0.295 e. The SMILES string of the molecule is Cc1ccc(-n2[nH]c(C)c(/C=N/NC(=O)c3cccnc3)c2=O)cc1. The van der Waals surface area contributed by atoms with Gasteiger partial charge in [-0.2, -0.15) is 5.10 Å². The van der Waals surface area contributed by atoms with Crippen LogP contribution < -0.4 is 11.0 Å². The topological polar surface area (TPSA) is 92.1 Å². The number of aromatic nitrogens is 3. The highest BCUT2D eigenvalue weighted by atomic mass is 16.2. The normalized spacial score (nSPS) is 11.0. The van der Waals surface area contributed by atoms with Gasteiger partial charge in [0.2, 0.25) is 0 Å². The van der Waals surface area contributed by atoms with Gasteiger partial charge in [-0.15, -0.1) is 0 Å². The van der Waals surface area contributed by atoms with Gasteiger partial charge < -0.3 is 0 Å². The summed E-state index contributed by atoms with van der Waals surface area (Å²) in [6.45, 7) is 3.76. The molecule has 1 aromatic carbocycles. The molecular weight excluding hydrogens is 318 g/mol. The molecule has 0 bridgehead atoms. The fourth-order valence-electron chi connectivity index (χ4n) is 2.30. The summed E-state index contributed by atoms with van der Waals surface area (Å²) in [6, 6.07) is 10.9. The molecule has 7 nitrogen and oxygen atoms in total. The zero-order valence-corrected chi connectivity index (χ0v) is 13.9. The number of nitrogens with one attached hydrogen (secondary N) is 2. The quantitative estimate of drug-likeness (QED) is 0.564. The van der Waals surface area contributed by atoms with Crippen LogP contribution in [0.15, 0.2) is 58.7 Å². The molecule has 0 saturated heterocycles. The molecule has 0 aliphatic rings. The molecule has 0 fully saturated rings. The van der Waals surface area contributed by atoms with E-state index in [2.05, 4.69) is 20.6 Å². The number of amides is 1. The van der Waals surface area contributed by atoms with Crippen molar-refractivity contribution in [3.63, 3.8) is 0 Å². The first-order chi connectivity index (χ1) is 12.1. The number of pyridine rings is 1. The molecule has 0 unspecified atom stereocenters. The molecule has 0 spiro atoms. The standard InChI is InChI=1S/C18H17N5O2/c1-12-5-7-15(8-6-12)23-18(25)16(13(2)22-23)11-20-21-17(24)14-4-3-9-19-10-14/h3-11,22H,1-2H3,(H,21,24)/b20-11+. The Kier molecular flexibility index (Phi) is 4.56. The highest BCUT2D eigenvalue weighted by molar-refractivity contribution is 5.94. The van der Waals surface area contributed by atoms with Crippen LogP contribution in [0.1, 0.15) is 27.2 Å². The summed E-state index contributed by atoms with van der Waals surface area (Å²) in [7, 11) is 0. The number of hydrogen-bond acceptors (Lipinski definition) is 4. The van der Waals surface area contributed by atoms with E-state index in [1.54, 1.807) is 25.3 Å². The number of nitrogens with zero attached hydrogens (tertiary/aromatic N) is 3. The molecule has 3 rings (SSSR count). The molecule has 0 aliphatic carbocycles. The average molecular weight is 335 g/mol. The van der Waals surface area contributed by atoms with Crippen LogP contribution in [0, 0.1) is 13.8 Å². The lowest BCUT2D eigenvalue weighted by Crippen LogP contribution is -2.20. The second-order valence-corrected chi connectivity index (χ2v) is 5.57. The van der Waals surface area contributed by atoms with Gasteiger partial charge in [0.25, 0.3) is 11.5 Å². The Balaban J connectivity index is 1.80. The molecule has 126 valence electrons. The summed E-state index contributed by atoms with van der Waals surface area (Å²) in [6.07, 6.45) is 4.36. The number of carbonyl (C=O) groups excluding carboxylic acids is 1. The first-order valence-electron chi connectivity index (χ1n) is 7.68. The Morgan fingerprint density at radius 3 is 2.68 bits per heavy atom. The zero-order chi connectivity index (χ0) is 17.8. The van der Waals surface area contributed by atoms with Crippen molar-refractivity contribution in [3.8, 4) is 5.69 Å². The van der Waals surface area contributed by atoms with Crippen LogP contribution in [-0.2, 0) is 0 Å². The molecule has 0 aliphatic heterocycles. The van der Waals surface area contributed by atoms with E-state index in [4.69, 9.17) is 0 Å². The lowest BCUT2D eigenvalue weighted by molar-refractivity contribution is 0.0955. The van der Waals surface area contributed by atoms with Gasteiger partial charge in [0, 0.05) is 18.1 Å². The van der Waals surface area contributed by atoms with Gasteiger partial charge in [-0.25, -0.2) is 10.1 Å².